The van der Waals surface area contributed by atoms with E-state index >= 15 is 0 Å². The lowest BCUT2D eigenvalue weighted by Gasteiger charge is -2.44. The lowest BCUT2D eigenvalue weighted by atomic mass is 9.36. The number of benzene rings is 9. The van der Waals surface area contributed by atoms with Gasteiger partial charge in [0.2, 0.25) is 0 Å². The summed E-state index contributed by atoms with van der Waals surface area (Å²) in [5.74, 6) is 0.774. The van der Waals surface area contributed by atoms with Gasteiger partial charge in [-0.05, 0) is 162 Å². The minimum atomic E-state index is -0.484. The lowest BCUT2D eigenvalue weighted by Crippen LogP contribution is -2.60. The van der Waals surface area contributed by atoms with Crippen molar-refractivity contribution < 1.29 is 0 Å². The second kappa shape index (κ2) is 16.7. The Morgan fingerprint density at radius 3 is 1.71 bits per heavy atom. The van der Waals surface area contributed by atoms with Crippen LogP contribution in [0.5, 0.6) is 0 Å². The molecule has 1 aromatic heterocycles. The molecule has 0 N–H and O–H groups in total. The summed E-state index contributed by atoms with van der Waals surface area (Å²) < 4.78 is 1.40. The third-order valence-electron chi connectivity index (χ3n) is 17.1. The molecule has 0 saturated carbocycles. The van der Waals surface area contributed by atoms with Gasteiger partial charge in [0.15, 0.2) is 0 Å². The fourth-order valence-electron chi connectivity index (χ4n) is 13.3. The number of nitrogens with zero attached hydrogens (tertiary/aromatic N) is 2. The van der Waals surface area contributed by atoms with E-state index < -0.39 is 5.41 Å². The molecule has 364 valence electrons. The monoisotopic (exact) mass is 984 g/mol. The van der Waals surface area contributed by atoms with Crippen LogP contribution in [-0.4, -0.2) is 6.71 Å². The van der Waals surface area contributed by atoms with Gasteiger partial charge in [-0.15, -0.1) is 11.3 Å². The highest BCUT2D eigenvalue weighted by molar-refractivity contribution is 7.30. The Hall–Kier alpha value is -7.66. The molecule has 0 fully saturated rings. The van der Waals surface area contributed by atoms with Gasteiger partial charge < -0.3 is 9.80 Å². The lowest BCUT2D eigenvalue weighted by molar-refractivity contribution is 0.590. The highest BCUT2D eigenvalue weighted by Crippen LogP contribution is 2.67. The van der Waals surface area contributed by atoms with Gasteiger partial charge in [0.25, 0.3) is 6.71 Å². The number of rotatable bonds is 6. The second-order valence-corrected chi connectivity index (χ2v) is 24.4. The summed E-state index contributed by atoms with van der Waals surface area (Å²) >= 11 is 2.08. The first-order chi connectivity index (χ1) is 36.3. The van der Waals surface area contributed by atoms with E-state index in [4.69, 9.17) is 0 Å². The summed E-state index contributed by atoms with van der Waals surface area (Å²) in [4.78, 5) is 6.71. The van der Waals surface area contributed by atoms with Crippen LogP contribution in [0.3, 0.4) is 0 Å². The van der Waals surface area contributed by atoms with E-state index in [0.717, 1.165) is 5.69 Å². The van der Waals surface area contributed by atoms with Gasteiger partial charge in [-0.3, -0.25) is 0 Å². The molecule has 14 rings (SSSR count). The van der Waals surface area contributed by atoms with Gasteiger partial charge in [0.05, 0.1) is 11.1 Å². The molecule has 0 bridgehead atoms. The van der Waals surface area contributed by atoms with E-state index in [9.17, 15) is 0 Å². The largest absolute Gasteiger partial charge is 0.311 e. The normalized spacial score (nSPS) is 14.2. The van der Waals surface area contributed by atoms with Crippen molar-refractivity contribution in [1.82, 2.24) is 0 Å². The van der Waals surface area contributed by atoms with E-state index in [1.165, 1.54) is 138 Å². The summed E-state index contributed by atoms with van der Waals surface area (Å²) in [6.07, 6.45) is 0. The number of thiophene rings is 1. The van der Waals surface area contributed by atoms with Crippen LogP contribution in [-0.2, 0) is 10.8 Å². The fraction of sp³-hybridized carbons (Fsp3) is 0.183. The summed E-state index contributed by atoms with van der Waals surface area (Å²) in [6.45, 7) is 20.7. The highest BCUT2D eigenvalue weighted by Gasteiger charge is 2.57. The smallest absolute Gasteiger partial charge is 0.264 e. The summed E-state index contributed by atoms with van der Waals surface area (Å²) in [6, 6.07) is 75.3. The molecule has 0 radical (unpaired) electrons. The first kappa shape index (κ1) is 45.9. The average molecular weight is 985 g/mol. The zero-order chi connectivity index (χ0) is 51.2. The summed E-state index contributed by atoms with van der Waals surface area (Å²) in [5.41, 5.74) is 30.7. The Labute approximate surface area is 448 Å². The van der Waals surface area contributed by atoms with E-state index in [-0.39, 0.29) is 12.1 Å². The summed E-state index contributed by atoms with van der Waals surface area (Å²) in [5, 5.41) is 0. The predicted octanol–water partition coefficient (Wildman–Crippen LogP) is 17.7. The molecule has 0 unspecified atom stereocenters. The molecule has 1 spiro atoms. The number of fused-ring (bicyclic) bond motifs is 15. The van der Waals surface area contributed by atoms with Crippen LogP contribution < -0.4 is 25.5 Å². The molecule has 2 aliphatic heterocycles. The average Bonchev–Trinajstić information content (AvgIpc) is 4.19. The first-order valence-electron chi connectivity index (χ1n) is 27.1. The molecule has 10 aromatic rings. The molecular formula is C71H61BN2S. The van der Waals surface area contributed by atoms with Gasteiger partial charge in [0, 0.05) is 43.7 Å². The van der Waals surface area contributed by atoms with E-state index in [1.54, 1.807) is 0 Å². The van der Waals surface area contributed by atoms with Crippen molar-refractivity contribution in [1.29, 1.82) is 0 Å². The van der Waals surface area contributed by atoms with Crippen LogP contribution >= 0.6 is 11.3 Å². The molecular weight excluding hydrogens is 924 g/mol. The molecule has 4 heteroatoms. The number of aryl methyl sites for hydroxylation is 2. The molecule has 0 amide bonds. The van der Waals surface area contributed by atoms with Crippen molar-refractivity contribution in [2.75, 3.05) is 9.80 Å². The zero-order valence-corrected chi connectivity index (χ0v) is 45.3. The van der Waals surface area contributed by atoms with Crippen LogP contribution in [0.15, 0.2) is 194 Å². The topological polar surface area (TPSA) is 6.48 Å². The van der Waals surface area contributed by atoms with Gasteiger partial charge >= 0.3 is 0 Å². The number of anilines is 6. The SMILES string of the molecule is Cc1ccc(N2c3cc(-c4cc(C(C)C)ccc4-c4ccccc4)ccc3B3c4sc5c(c4N(c4ccc(C(C)(C)C)cc4)c4cc(C)cc2c43)-c2ccc(C(C)C)cc2C52c3ccccc3-c3ccccc32)cc1. The maximum absolute atomic E-state index is 2.68. The maximum atomic E-state index is 2.68. The zero-order valence-electron chi connectivity index (χ0n) is 44.5. The van der Waals surface area contributed by atoms with Crippen molar-refractivity contribution in [3.63, 3.8) is 0 Å². The maximum Gasteiger partial charge on any atom is 0.264 e. The number of hydrogen-bond donors (Lipinski definition) is 0. The quantitative estimate of drug-likeness (QED) is 0.153. The van der Waals surface area contributed by atoms with Gasteiger partial charge in [0.1, 0.15) is 0 Å². The Kier molecular flexibility index (Phi) is 10.2. The van der Waals surface area contributed by atoms with Crippen molar-refractivity contribution in [3.05, 3.63) is 244 Å². The molecule has 0 atom stereocenters. The molecule has 0 saturated heterocycles. The van der Waals surface area contributed by atoms with E-state index in [1.807, 2.05) is 0 Å². The standard InChI is InChI=1S/C71H61BN2S/c1-42(2)47-25-34-53(46-17-11-10-12-18-46)57(39-47)49-27-36-61-62(41-49)73(51-30-23-44(5)24-31-51)63-37-45(6)38-64-66(63)72(61)69-67(74(64)52-32-28-50(29-33-52)70(7,8)9)65-56-35-26-48(43(3)4)40-60(56)71(68(65)75-69)58-21-15-13-19-54(58)55-20-14-16-22-59(55)71/h10-43H,1-9H3. The Morgan fingerprint density at radius 1 is 0.467 bits per heavy atom. The van der Waals surface area contributed by atoms with Crippen LogP contribution in [0.4, 0.5) is 34.1 Å². The molecule has 4 aliphatic rings. The molecule has 75 heavy (non-hydrogen) atoms. The number of hydrogen-bond acceptors (Lipinski definition) is 3. The minimum absolute atomic E-state index is 0.0145. The Balaban J connectivity index is 1.11. The Morgan fingerprint density at radius 2 is 1.05 bits per heavy atom. The van der Waals surface area contributed by atoms with Gasteiger partial charge in [-0.1, -0.05) is 206 Å². The van der Waals surface area contributed by atoms with Crippen LogP contribution in [0, 0.1) is 13.8 Å². The van der Waals surface area contributed by atoms with Gasteiger partial charge in [-0.2, -0.15) is 0 Å². The third-order valence-corrected chi connectivity index (χ3v) is 18.5. The second-order valence-electron chi connectivity index (χ2n) is 23.4. The van der Waals surface area contributed by atoms with Crippen molar-refractivity contribution in [2.45, 2.75) is 85.0 Å². The van der Waals surface area contributed by atoms with Crippen LogP contribution in [0.1, 0.15) is 110 Å². The van der Waals surface area contributed by atoms with Crippen LogP contribution in [0.2, 0.25) is 0 Å². The minimum Gasteiger partial charge on any atom is -0.311 e. The van der Waals surface area contributed by atoms with E-state index in [0.29, 0.717) is 11.8 Å². The highest BCUT2D eigenvalue weighted by atomic mass is 32.1. The predicted molar refractivity (Wildman–Crippen MR) is 322 cm³/mol. The molecule has 2 nitrogen and oxygen atoms in total. The third kappa shape index (κ3) is 6.64. The Bertz CT molecular complexity index is 3920. The van der Waals surface area contributed by atoms with Gasteiger partial charge in [-0.25, -0.2) is 0 Å². The van der Waals surface area contributed by atoms with Crippen molar-refractivity contribution in [3.8, 4) is 44.5 Å². The molecule has 9 aromatic carbocycles. The van der Waals surface area contributed by atoms with Crippen molar-refractivity contribution in [2.24, 2.45) is 0 Å². The van der Waals surface area contributed by atoms with E-state index in [2.05, 4.69) is 278 Å². The van der Waals surface area contributed by atoms with Crippen molar-refractivity contribution >= 4 is 67.9 Å². The van der Waals surface area contributed by atoms with Crippen LogP contribution in [0.25, 0.3) is 44.5 Å². The molecule has 3 heterocycles. The fourth-order valence-corrected chi connectivity index (χ4v) is 15.0. The molecule has 2 aliphatic carbocycles. The first-order valence-corrected chi connectivity index (χ1v) is 27.9. The summed E-state index contributed by atoms with van der Waals surface area (Å²) in [7, 11) is 0.